The molecule has 10 aliphatic rings. The molecule has 1 saturated carbocycles. The average Bonchev–Trinajstić information content (AvgIpc) is 1.68. The molecule has 1 spiro atoms. The Balaban J connectivity index is 0.906. The zero-order chi connectivity index (χ0) is 67.5. The molecule has 518 valence electrons. The smallest absolute Gasteiger partial charge is 0.407 e. The van der Waals surface area contributed by atoms with E-state index in [1.165, 1.54) is 19.9 Å². The number of esters is 2. The van der Waals surface area contributed by atoms with Gasteiger partial charge in [0.25, 0.3) is 0 Å². The number of methoxy groups -OCH3 is 1. The fourth-order valence-corrected chi connectivity index (χ4v) is 16.9. The average molecular weight is 1310 g/mol. The van der Waals surface area contributed by atoms with Gasteiger partial charge in [0, 0.05) is 68.1 Å². The number of rotatable bonds is 14. The fraction of sp³-hybridized carbons (Fsp3) is 0.776. The Morgan fingerprint density at radius 3 is 2.01 bits per heavy atom. The predicted octanol–water partition coefficient (Wildman–Crippen LogP) is 6.36. The lowest BCUT2D eigenvalue weighted by Gasteiger charge is -2.56. The van der Waals surface area contributed by atoms with E-state index in [2.05, 4.69) is 25.2 Å². The summed E-state index contributed by atoms with van der Waals surface area (Å²) in [7, 11) is 1.15. The van der Waals surface area contributed by atoms with E-state index in [0.29, 0.717) is 49.5 Å². The number of amides is 1. The second-order valence-electron chi connectivity index (χ2n) is 28.2. The third-order valence-electron chi connectivity index (χ3n) is 21.7. The van der Waals surface area contributed by atoms with Crippen LogP contribution in [0.2, 0.25) is 0 Å². The van der Waals surface area contributed by atoms with Crippen LogP contribution < -0.4 is 5.32 Å². The highest BCUT2D eigenvalue weighted by atomic mass is 16.8. The minimum absolute atomic E-state index is 0.00196. The topological polar surface area (TPSA) is 341 Å². The van der Waals surface area contributed by atoms with E-state index in [1.807, 2.05) is 39.8 Å². The number of hydrogen-bond acceptors (Lipinski definition) is 24. The Morgan fingerprint density at radius 1 is 0.720 bits per heavy atom. The number of aliphatic hydroxyl groups is 4. The first-order chi connectivity index (χ1) is 43.9. The van der Waals surface area contributed by atoms with Gasteiger partial charge in [0.05, 0.1) is 86.6 Å². The Kier molecular flexibility index (Phi) is 21.4. The number of hydrogen-bond donors (Lipinski definition) is 5. The maximum Gasteiger partial charge on any atom is 0.407 e. The maximum atomic E-state index is 15.6. The SMILES string of the molecule is COC(=O)N[C@H]1[C@@H](C)O[C@@H](O[C@H]2C/C=C(/C)[C@@H]3C=C[C@@H]4[C@@H](O[C@H]5C[C@@H](O[C@H]6CC[C@@H](O[C@H]7C[C@@H](O)[C@@H](O[C@H]8CC[C@@H](O)[C@H](C)O8)[C@H](C)O7)[C@H](C)O6)[C@@H](OC(C)=O)[C@H](C)O5)[C@@H](C)C[C@H](C)[C@H]4[C@]3(C)C(O)=C3C(=O)OC4(C=C(C=O)C[C@H](O)[C@H]4/C=C/2C)C3=O)C[C@]1(C)[N+](=O)[O-]. The van der Waals surface area contributed by atoms with Gasteiger partial charge >= 0.3 is 18.0 Å². The van der Waals surface area contributed by atoms with Crippen LogP contribution in [0.15, 0.2) is 58.4 Å². The molecule has 26 heteroatoms. The van der Waals surface area contributed by atoms with Gasteiger partial charge in [-0.05, 0) is 109 Å². The molecule has 2 bridgehead atoms. The zero-order valence-electron chi connectivity index (χ0n) is 55.4. The van der Waals surface area contributed by atoms with Crippen LogP contribution in [0.5, 0.6) is 0 Å². The van der Waals surface area contributed by atoms with Crippen molar-refractivity contribution in [2.45, 2.75) is 281 Å². The van der Waals surface area contributed by atoms with Crippen LogP contribution in [0.4, 0.5) is 4.79 Å². The lowest BCUT2D eigenvalue weighted by atomic mass is 9.49. The molecule has 6 heterocycles. The standard InChI is InChI=1S/C67H96N2O24/c1-30-14-18-47(88-54-28-65(11,69(79)80)60(38(9)86-54)68-64(78)81-13)31(2)23-43-45(73)24-40(29-70)27-67(43)62(76)55(63(77)93-67)61(75)66(12)42(30)16-15-41-56(66)32(3)22-33(4)57(41)92-53-26-49(59(37(8)85-53)87-39(10)71)90-50-21-19-48(35(6)83-50)89-52-25-46(74)58(36(7)84-52)91-51-20-17-44(72)34(5)82-51/h14-16,23,27,29,32-38,41-54,56-60,72-75H,17-22,24-26,28H2,1-13H3,(H,68,78)/b30-14-,31-23+,61-55?/t32-,33-,34-,35-,36-,37-,38+,41-,42-,43+,44+,45-,46+,47-,48+,49+,50-,51-,52-,53-,54-,56+,57-,58-,59-,60-,65-,66+,67?/m0/s1. The Hall–Kier alpha value is -5.07. The molecule has 10 rings (SSSR count). The molecule has 0 aromatic heterocycles. The molecule has 7 fully saturated rings. The molecular formula is C67H96N2O24. The van der Waals surface area contributed by atoms with Gasteiger partial charge in [-0.1, -0.05) is 50.6 Å². The molecule has 1 unspecified atom stereocenters. The zero-order valence-corrected chi connectivity index (χ0v) is 55.4. The van der Waals surface area contributed by atoms with E-state index >= 15 is 4.79 Å². The number of carbonyl (C=O) groups is 5. The lowest BCUT2D eigenvalue weighted by molar-refractivity contribution is -0.584. The molecule has 0 aromatic rings. The first-order valence-corrected chi connectivity index (χ1v) is 33.1. The summed E-state index contributed by atoms with van der Waals surface area (Å²) in [5, 5.41) is 62.0. The molecule has 0 radical (unpaired) electrons. The third kappa shape index (κ3) is 14.0. The van der Waals surface area contributed by atoms with Gasteiger partial charge < -0.3 is 87.3 Å². The van der Waals surface area contributed by atoms with E-state index in [9.17, 15) is 49.7 Å². The molecule has 0 aromatic carbocycles. The molecular weight excluding hydrogens is 1220 g/mol. The molecule has 29 atom stereocenters. The van der Waals surface area contributed by atoms with Crippen LogP contribution in [0.3, 0.4) is 0 Å². The van der Waals surface area contributed by atoms with Crippen molar-refractivity contribution in [2.24, 2.45) is 40.9 Å². The first kappa shape index (κ1) is 70.7. The maximum absolute atomic E-state index is 15.6. The quantitative estimate of drug-likeness (QED) is 0.0240. The largest absolute Gasteiger partial charge is 0.511 e. The molecule has 1 amide bonds. The summed E-state index contributed by atoms with van der Waals surface area (Å²) in [4.78, 5) is 80.4. The van der Waals surface area contributed by atoms with Crippen LogP contribution in [0, 0.1) is 51.0 Å². The van der Waals surface area contributed by atoms with E-state index in [0.717, 1.165) is 7.11 Å². The van der Waals surface area contributed by atoms with Gasteiger partial charge in [0.2, 0.25) is 16.9 Å². The number of carbonyl (C=O) groups excluding carboxylic acids is 5. The van der Waals surface area contributed by atoms with E-state index < -0.39 is 203 Å². The summed E-state index contributed by atoms with van der Waals surface area (Å²) in [6.07, 6.45) is -3.96. The number of allylic oxidation sites excluding steroid dienone is 3. The van der Waals surface area contributed by atoms with Crippen molar-refractivity contribution >= 4 is 30.1 Å². The number of alkyl carbamates (subject to hydrolysis) is 1. The second kappa shape index (κ2) is 28.2. The molecule has 6 saturated heterocycles. The van der Waals surface area contributed by atoms with Crippen molar-refractivity contribution in [1.82, 2.24) is 5.32 Å². The number of nitro groups is 1. The van der Waals surface area contributed by atoms with Crippen molar-refractivity contribution in [2.75, 3.05) is 7.11 Å². The van der Waals surface area contributed by atoms with Crippen LogP contribution in [-0.4, -0.2) is 197 Å². The minimum atomic E-state index is -2.29. The highest BCUT2D eigenvalue weighted by Crippen LogP contribution is 2.61. The van der Waals surface area contributed by atoms with Crippen LogP contribution >= 0.6 is 0 Å². The number of nitrogens with one attached hydrogen (secondary N) is 1. The summed E-state index contributed by atoms with van der Waals surface area (Å²) in [6, 6.07) is -1.12. The van der Waals surface area contributed by atoms with E-state index in [1.54, 1.807) is 33.8 Å². The number of nitrogens with zero attached hydrogens (tertiary/aromatic N) is 1. The van der Waals surface area contributed by atoms with Gasteiger partial charge in [-0.3, -0.25) is 24.5 Å². The molecule has 5 N–H and O–H groups in total. The van der Waals surface area contributed by atoms with E-state index in [4.69, 9.17) is 61.6 Å². The Bertz CT molecular complexity index is 2960. The Morgan fingerprint density at radius 2 is 1.35 bits per heavy atom. The molecule has 6 aliphatic heterocycles. The van der Waals surface area contributed by atoms with Crippen molar-refractivity contribution in [3.05, 3.63) is 68.5 Å². The predicted molar refractivity (Wildman–Crippen MR) is 325 cm³/mol. The number of aliphatic hydroxyl groups excluding tert-OH is 4. The molecule has 4 aliphatic carbocycles. The van der Waals surface area contributed by atoms with Gasteiger partial charge in [-0.2, -0.15) is 0 Å². The van der Waals surface area contributed by atoms with Crippen molar-refractivity contribution in [1.29, 1.82) is 0 Å². The summed E-state index contributed by atoms with van der Waals surface area (Å²) in [5.41, 5.74) is -5.03. The number of ketones is 1. The highest BCUT2D eigenvalue weighted by molar-refractivity contribution is 6.27. The molecule has 26 nitrogen and oxygen atoms in total. The summed E-state index contributed by atoms with van der Waals surface area (Å²) >= 11 is 0. The van der Waals surface area contributed by atoms with E-state index in [-0.39, 0.29) is 49.5 Å². The van der Waals surface area contributed by atoms with Gasteiger partial charge in [-0.15, -0.1) is 0 Å². The van der Waals surface area contributed by atoms with Crippen molar-refractivity contribution < 1.29 is 111 Å². The van der Waals surface area contributed by atoms with Gasteiger partial charge in [0.1, 0.15) is 35.9 Å². The van der Waals surface area contributed by atoms with Gasteiger partial charge in [-0.25, -0.2) is 9.59 Å². The summed E-state index contributed by atoms with van der Waals surface area (Å²) in [6.45, 7) is 21.0. The lowest BCUT2D eigenvalue weighted by Crippen LogP contribution is -2.65. The fourth-order valence-electron chi connectivity index (χ4n) is 16.9. The Labute approximate surface area is 542 Å². The van der Waals surface area contributed by atoms with Gasteiger partial charge in [0.15, 0.2) is 37.6 Å². The summed E-state index contributed by atoms with van der Waals surface area (Å²) in [5.74, 6) is -6.54. The summed E-state index contributed by atoms with van der Waals surface area (Å²) < 4.78 is 81.5. The second-order valence-corrected chi connectivity index (χ2v) is 28.2. The number of aldehydes is 1. The van der Waals surface area contributed by atoms with Crippen molar-refractivity contribution in [3.8, 4) is 0 Å². The van der Waals surface area contributed by atoms with Crippen LogP contribution in [0.1, 0.15) is 147 Å². The van der Waals surface area contributed by atoms with Crippen molar-refractivity contribution in [3.63, 3.8) is 0 Å². The minimum Gasteiger partial charge on any atom is -0.511 e. The monoisotopic (exact) mass is 1310 g/mol. The molecule has 93 heavy (non-hydrogen) atoms. The number of ether oxygens (including phenoxy) is 13. The van der Waals surface area contributed by atoms with Crippen LogP contribution in [-0.2, 0) is 80.8 Å². The van der Waals surface area contributed by atoms with Crippen LogP contribution in [0.25, 0.3) is 0 Å². The highest BCUT2D eigenvalue weighted by Gasteiger charge is 2.65. The third-order valence-corrected chi connectivity index (χ3v) is 21.7. The number of fused-ring (bicyclic) bond motifs is 4. The normalized spacial score (nSPS) is 47.4. The first-order valence-electron chi connectivity index (χ1n) is 33.1. The number of Topliss-reactive ketones (excluding diaryl/α,β-unsaturated/α-hetero) is 1.